The van der Waals surface area contributed by atoms with Crippen molar-refractivity contribution in [2.75, 3.05) is 25.4 Å². The third-order valence-electron chi connectivity index (χ3n) is 3.93. The number of carbonyl (C=O) groups is 1. The lowest BCUT2D eigenvalue weighted by Gasteiger charge is -2.36. The molecule has 1 heterocycles. The van der Waals surface area contributed by atoms with Crippen LogP contribution in [0.4, 0.5) is 5.69 Å². The normalized spacial score (nSPS) is 17.8. The van der Waals surface area contributed by atoms with Crippen LogP contribution in [0.1, 0.15) is 33.1 Å². The first-order valence-corrected chi connectivity index (χ1v) is 7.22. The Kier molecular flexibility index (Phi) is 4.53. The van der Waals surface area contributed by atoms with Crippen molar-refractivity contribution in [2.45, 2.75) is 33.1 Å². The second kappa shape index (κ2) is 6.16. The Morgan fingerprint density at radius 3 is 2.45 bits per heavy atom. The van der Waals surface area contributed by atoms with Gasteiger partial charge in [-0.3, -0.25) is 4.79 Å². The van der Waals surface area contributed by atoms with E-state index >= 15 is 0 Å². The number of carbonyl (C=O) groups excluding carboxylic acids is 1. The molecule has 20 heavy (non-hydrogen) atoms. The van der Waals surface area contributed by atoms with E-state index in [0.717, 1.165) is 31.7 Å². The highest BCUT2D eigenvalue weighted by Crippen LogP contribution is 2.29. The quantitative estimate of drug-likeness (QED) is 0.860. The SMILES string of the molecule is CC1(C)CCN(C(=O)CCOc2ccc(N)cc2)CC1. The summed E-state index contributed by atoms with van der Waals surface area (Å²) in [6.07, 6.45) is 2.60. The predicted octanol–water partition coefficient (Wildman–Crippen LogP) is 2.69. The van der Waals surface area contributed by atoms with Crippen LogP contribution in [0, 0.1) is 5.41 Å². The minimum atomic E-state index is 0.191. The molecule has 0 saturated carbocycles. The van der Waals surface area contributed by atoms with Gasteiger partial charge in [0.1, 0.15) is 5.75 Å². The van der Waals surface area contributed by atoms with Gasteiger partial charge in [-0.2, -0.15) is 0 Å². The van der Waals surface area contributed by atoms with Gasteiger partial charge >= 0.3 is 0 Å². The second-order valence-electron chi connectivity index (χ2n) is 6.21. The number of piperidine rings is 1. The molecular weight excluding hydrogens is 252 g/mol. The molecule has 0 bridgehead atoms. The number of hydrogen-bond acceptors (Lipinski definition) is 3. The van der Waals surface area contributed by atoms with E-state index < -0.39 is 0 Å². The number of rotatable bonds is 4. The third-order valence-corrected chi connectivity index (χ3v) is 3.93. The fourth-order valence-electron chi connectivity index (χ4n) is 2.34. The first-order valence-electron chi connectivity index (χ1n) is 7.22. The van der Waals surface area contributed by atoms with E-state index in [-0.39, 0.29) is 5.91 Å². The fourth-order valence-corrected chi connectivity index (χ4v) is 2.34. The second-order valence-corrected chi connectivity index (χ2v) is 6.21. The van der Waals surface area contributed by atoms with E-state index in [9.17, 15) is 4.79 Å². The van der Waals surface area contributed by atoms with Gasteiger partial charge in [0, 0.05) is 18.8 Å². The predicted molar refractivity (Wildman–Crippen MR) is 80.6 cm³/mol. The van der Waals surface area contributed by atoms with E-state index in [1.807, 2.05) is 17.0 Å². The van der Waals surface area contributed by atoms with Crippen LogP contribution in [-0.2, 0) is 4.79 Å². The number of ether oxygens (including phenoxy) is 1. The van der Waals surface area contributed by atoms with Crippen molar-refractivity contribution in [1.29, 1.82) is 0 Å². The van der Waals surface area contributed by atoms with Crippen molar-refractivity contribution in [1.82, 2.24) is 4.90 Å². The average molecular weight is 276 g/mol. The van der Waals surface area contributed by atoms with Gasteiger partial charge in [0.2, 0.25) is 5.91 Å². The van der Waals surface area contributed by atoms with Gasteiger partial charge in [0.15, 0.2) is 0 Å². The van der Waals surface area contributed by atoms with E-state index in [1.165, 1.54) is 0 Å². The number of anilines is 1. The van der Waals surface area contributed by atoms with E-state index in [4.69, 9.17) is 10.5 Å². The van der Waals surface area contributed by atoms with Crippen molar-refractivity contribution in [3.05, 3.63) is 24.3 Å². The van der Waals surface area contributed by atoms with Crippen molar-refractivity contribution in [2.24, 2.45) is 5.41 Å². The lowest BCUT2D eigenvalue weighted by molar-refractivity contribution is -0.133. The van der Waals surface area contributed by atoms with Gasteiger partial charge in [0.05, 0.1) is 13.0 Å². The van der Waals surface area contributed by atoms with E-state index in [2.05, 4.69) is 13.8 Å². The molecule has 0 spiro atoms. The molecule has 0 aromatic heterocycles. The third kappa shape index (κ3) is 4.15. The van der Waals surface area contributed by atoms with Crippen LogP contribution in [0.2, 0.25) is 0 Å². The Hall–Kier alpha value is -1.71. The molecule has 1 saturated heterocycles. The molecule has 1 amide bonds. The molecule has 0 aliphatic carbocycles. The number of nitrogen functional groups attached to an aromatic ring is 1. The fraction of sp³-hybridized carbons (Fsp3) is 0.562. The minimum Gasteiger partial charge on any atom is -0.493 e. The van der Waals surface area contributed by atoms with E-state index in [0.29, 0.717) is 24.1 Å². The number of hydrogen-bond donors (Lipinski definition) is 1. The van der Waals surface area contributed by atoms with Crippen molar-refractivity contribution in [3.63, 3.8) is 0 Å². The lowest BCUT2D eigenvalue weighted by atomic mass is 9.82. The molecule has 0 radical (unpaired) electrons. The maximum atomic E-state index is 12.1. The van der Waals surface area contributed by atoms with Gasteiger partial charge in [-0.1, -0.05) is 13.8 Å². The molecule has 1 aromatic carbocycles. The first-order chi connectivity index (χ1) is 9.46. The lowest BCUT2D eigenvalue weighted by Crippen LogP contribution is -2.41. The van der Waals surface area contributed by atoms with Gasteiger partial charge in [0.25, 0.3) is 0 Å². The monoisotopic (exact) mass is 276 g/mol. The summed E-state index contributed by atoms with van der Waals surface area (Å²) in [5, 5.41) is 0. The number of nitrogens with zero attached hydrogens (tertiary/aromatic N) is 1. The summed E-state index contributed by atoms with van der Waals surface area (Å²) >= 11 is 0. The topological polar surface area (TPSA) is 55.6 Å². The van der Waals surface area contributed by atoms with Gasteiger partial charge in [-0.25, -0.2) is 0 Å². The maximum Gasteiger partial charge on any atom is 0.225 e. The Labute approximate surface area is 120 Å². The number of likely N-dealkylation sites (tertiary alicyclic amines) is 1. The molecule has 1 aliphatic rings. The van der Waals surface area contributed by atoms with Gasteiger partial charge in [-0.15, -0.1) is 0 Å². The summed E-state index contributed by atoms with van der Waals surface area (Å²) in [4.78, 5) is 14.0. The highest BCUT2D eigenvalue weighted by atomic mass is 16.5. The smallest absolute Gasteiger partial charge is 0.225 e. The summed E-state index contributed by atoms with van der Waals surface area (Å²) in [6.45, 7) is 6.68. The molecule has 1 fully saturated rings. The number of nitrogens with two attached hydrogens (primary N) is 1. The van der Waals surface area contributed by atoms with Crippen molar-refractivity contribution in [3.8, 4) is 5.75 Å². The Balaban J connectivity index is 1.71. The molecule has 2 N–H and O–H groups in total. The maximum absolute atomic E-state index is 12.1. The van der Waals surface area contributed by atoms with Crippen molar-refractivity contribution < 1.29 is 9.53 Å². The molecule has 0 atom stereocenters. The zero-order chi connectivity index (χ0) is 14.6. The summed E-state index contributed by atoms with van der Waals surface area (Å²) in [6, 6.07) is 7.24. The molecule has 4 nitrogen and oxygen atoms in total. The Morgan fingerprint density at radius 1 is 1.25 bits per heavy atom. The van der Waals surface area contributed by atoms with Crippen LogP contribution in [0.15, 0.2) is 24.3 Å². The van der Waals surface area contributed by atoms with Crippen LogP contribution in [-0.4, -0.2) is 30.5 Å². The van der Waals surface area contributed by atoms with Crippen molar-refractivity contribution >= 4 is 11.6 Å². The number of amides is 1. The Morgan fingerprint density at radius 2 is 1.85 bits per heavy atom. The molecule has 1 aliphatic heterocycles. The average Bonchev–Trinajstić information content (AvgIpc) is 2.41. The van der Waals surface area contributed by atoms with Crippen LogP contribution in [0.25, 0.3) is 0 Å². The van der Waals surface area contributed by atoms with Gasteiger partial charge in [-0.05, 0) is 42.5 Å². The minimum absolute atomic E-state index is 0.191. The zero-order valence-electron chi connectivity index (χ0n) is 12.4. The highest BCUT2D eigenvalue weighted by molar-refractivity contribution is 5.76. The molecule has 110 valence electrons. The summed E-state index contributed by atoms with van der Waals surface area (Å²) in [5.41, 5.74) is 6.69. The Bertz CT molecular complexity index is 444. The summed E-state index contributed by atoms with van der Waals surface area (Å²) < 4.78 is 5.56. The van der Waals surface area contributed by atoms with Crippen LogP contribution < -0.4 is 10.5 Å². The molecule has 4 heteroatoms. The van der Waals surface area contributed by atoms with Crippen LogP contribution in [0.5, 0.6) is 5.75 Å². The summed E-state index contributed by atoms with van der Waals surface area (Å²) in [7, 11) is 0. The molecule has 1 aromatic rings. The van der Waals surface area contributed by atoms with Crippen LogP contribution in [0.3, 0.4) is 0 Å². The molecule has 0 unspecified atom stereocenters. The van der Waals surface area contributed by atoms with Gasteiger partial charge < -0.3 is 15.4 Å². The molecular formula is C16H24N2O2. The largest absolute Gasteiger partial charge is 0.493 e. The molecule has 2 rings (SSSR count). The standard InChI is InChI=1S/C16H24N2O2/c1-16(2)8-10-18(11-9-16)15(19)7-12-20-14-5-3-13(17)4-6-14/h3-6H,7-12,17H2,1-2H3. The van der Waals surface area contributed by atoms with E-state index in [1.54, 1.807) is 12.1 Å². The summed E-state index contributed by atoms with van der Waals surface area (Å²) in [5.74, 6) is 0.947. The van der Waals surface area contributed by atoms with Crippen LogP contribution >= 0.6 is 0 Å². The number of benzene rings is 1. The first kappa shape index (κ1) is 14.7. The highest BCUT2D eigenvalue weighted by Gasteiger charge is 2.27. The zero-order valence-corrected chi connectivity index (χ0v) is 12.4.